The molecule has 0 unspecified atom stereocenters. The third kappa shape index (κ3) is 5.92. The van der Waals surface area contributed by atoms with Gasteiger partial charge in [0.15, 0.2) is 0 Å². The molecule has 0 bridgehead atoms. The average molecular weight is 765 g/mol. The van der Waals surface area contributed by atoms with E-state index < -0.39 is 5.41 Å². The van der Waals surface area contributed by atoms with E-state index in [0.717, 1.165) is 50.3 Å². The molecule has 1 heterocycles. The minimum absolute atomic E-state index is 0.506. The van der Waals surface area contributed by atoms with Crippen LogP contribution in [0.15, 0.2) is 243 Å². The van der Waals surface area contributed by atoms with Crippen molar-refractivity contribution in [3.8, 4) is 44.6 Å². The van der Waals surface area contributed by atoms with E-state index in [9.17, 15) is 0 Å². The van der Waals surface area contributed by atoms with Crippen LogP contribution in [-0.2, 0) is 5.41 Å². The number of nitrogens with zero attached hydrogens (tertiary/aromatic N) is 2. The van der Waals surface area contributed by atoms with Crippen LogP contribution in [-0.4, -0.2) is 4.98 Å². The summed E-state index contributed by atoms with van der Waals surface area (Å²) in [6, 6.07) is 87.8. The molecule has 0 saturated carbocycles. The number of anilines is 3. The lowest BCUT2D eigenvalue weighted by molar-refractivity contribution is 0.768. The van der Waals surface area contributed by atoms with Crippen molar-refractivity contribution < 1.29 is 0 Å². The zero-order valence-electron chi connectivity index (χ0n) is 33.0. The molecule has 0 radical (unpaired) electrons. The Labute approximate surface area is 351 Å². The Morgan fingerprint density at radius 1 is 0.317 bits per heavy atom. The number of benzene rings is 9. The molecule has 0 atom stereocenters. The van der Waals surface area contributed by atoms with E-state index in [1.807, 2.05) is 0 Å². The number of fused-ring (bicyclic) bond motifs is 4. The summed E-state index contributed by atoms with van der Waals surface area (Å²) < 4.78 is 0. The number of rotatable bonds is 8. The first-order valence-corrected chi connectivity index (χ1v) is 20.6. The number of hydrogen-bond acceptors (Lipinski definition) is 2. The molecule has 10 aromatic rings. The van der Waals surface area contributed by atoms with E-state index in [2.05, 4.69) is 248 Å². The van der Waals surface area contributed by atoms with Gasteiger partial charge in [0.1, 0.15) is 0 Å². The lowest BCUT2D eigenvalue weighted by atomic mass is 9.67. The molecular formula is C58H40N2. The quantitative estimate of drug-likeness (QED) is 0.153. The van der Waals surface area contributed by atoms with Crippen LogP contribution in [0.2, 0.25) is 0 Å². The summed E-state index contributed by atoms with van der Waals surface area (Å²) >= 11 is 0. The maximum atomic E-state index is 5.21. The van der Waals surface area contributed by atoms with E-state index in [-0.39, 0.29) is 0 Å². The molecule has 0 amide bonds. The van der Waals surface area contributed by atoms with Gasteiger partial charge in [-0.3, -0.25) is 0 Å². The van der Waals surface area contributed by atoms with Crippen LogP contribution in [0.25, 0.3) is 55.5 Å². The van der Waals surface area contributed by atoms with Crippen molar-refractivity contribution in [3.05, 3.63) is 265 Å². The highest BCUT2D eigenvalue weighted by atomic mass is 15.1. The van der Waals surface area contributed by atoms with E-state index in [1.54, 1.807) is 0 Å². The number of para-hydroxylation sites is 1. The molecule has 0 N–H and O–H groups in total. The highest BCUT2D eigenvalue weighted by Gasteiger charge is 2.46. The Morgan fingerprint density at radius 3 is 1.45 bits per heavy atom. The molecule has 282 valence electrons. The molecule has 0 aliphatic heterocycles. The zero-order valence-corrected chi connectivity index (χ0v) is 33.0. The first-order chi connectivity index (χ1) is 29.8. The minimum Gasteiger partial charge on any atom is -0.310 e. The van der Waals surface area contributed by atoms with E-state index in [0.29, 0.717) is 0 Å². The van der Waals surface area contributed by atoms with Crippen molar-refractivity contribution in [2.75, 3.05) is 4.90 Å². The standard InChI is InChI=1S/C58H40N2/c1-5-17-41(18-6-1)42-29-33-48(34-30-42)60(49-35-31-43(32-36-49)53-39-45-21-13-16-28-56(45)59-57(53)44-19-7-2-8-20-44)50-37-38-52-51-26-14-15-27-54(51)58(55(52)40-50,46-22-9-3-10-23-46)47-24-11-4-12-25-47/h1-40H. The summed E-state index contributed by atoms with van der Waals surface area (Å²) in [4.78, 5) is 7.61. The number of aromatic nitrogens is 1. The second-order valence-electron chi connectivity index (χ2n) is 15.5. The van der Waals surface area contributed by atoms with Gasteiger partial charge in [-0.1, -0.05) is 194 Å². The van der Waals surface area contributed by atoms with Crippen molar-refractivity contribution in [1.29, 1.82) is 0 Å². The van der Waals surface area contributed by atoms with Gasteiger partial charge >= 0.3 is 0 Å². The van der Waals surface area contributed by atoms with Gasteiger partial charge in [-0.2, -0.15) is 0 Å². The number of pyridine rings is 1. The van der Waals surface area contributed by atoms with Crippen molar-refractivity contribution in [1.82, 2.24) is 4.98 Å². The van der Waals surface area contributed by atoms with Crippen LogP contribution < -0.4 is 4.90 Å². The van der Waals surface area contributed by atoms with Gasteiger partial charge in [0.2, 0.25) is 0 Å². The van der Waals surface area contributed by atoms with Crippen LogP contribution in [0.3, 0.4) is 0 Å². The minimum atomic E-state index is -0.506. The van der Waals surface area contributed by atoms with Gasteiger partial charge in [-0.15, -0.1) is 0 Å². The van der Waals surface area contributed by atoms with E-state index in [1.165, 1.54) is 44.5 Å². The van der Waals surface area contributed by atoms with Crippen LogP contribution in [0, 0.1) is 0 Å². The summed E-state index contributed by atoms with van der Waals surface area (Å²) in [6.45, 7) is 0. The molecule has 0 spiro atoms. The average Bonchev–Trinajstić information content (AvgIpc) is 3.63. The van der Waals surface area contributed by atoms with Crippen LogP contribution >= 0.6 is 0 Å². The van der Waals surface area contributed by atoms with Gasteiger partial charge < -0.3 is 4.90 Å². The van der Waals surface area contributed by atoms with Crippen LogP contribution in [0.4, 0.5) is 17.1 Å². The smallest absolute Gasteiger partial charge is 0.0788 e. The first-order valence-electron chi connectivity index (χ1n) is 20.6. The Bertz CT molecular complexity index is 3060. The monoisotopic (exact) mass is 764 g/mol. The maximum absolute atomic E-state index is 5.21. The first kappa shape index (κ1) is 35.4. The van der Waals surface area contributed by atoms with E-state index >= 15 is 0 Å². The zero-order chi connectivity index (χ0) is 39.9. The molecule has 1 aliphatic rings. The lowest BCUT2D eigenvalue weighted by Gasteiger charge is -2.35. The highest BCUT2D eigenvalue weighted by molar-refractivity contribution is 5.93. The molecule has 2 nitrogen and oxygen atoms in total. The predicted octanol–water partition coefficient (Wildman–Crippen LogP) is 15.1. The Balaban J connectivity index is 1.10. The normalized spacial score (nSPS) is 12.5. The third-order valence-corrected chi connectivity index (χ3v) is 12.1. The molecule has 11 rings (SSSR count). The SMILES string of the molecule is c1ccc(-c2ccc(N(c3ccc(-c4cc5ccccc5nc4-c4ccccc4)cc3)c3ccc4c(c3)C(c3ccccc3)(c3ccccc3)c3ccccc3-4)cc2)cc1. The van der Waals surface area contributed by atoms with Crippen molar-refractivity contribution in [3.63, 3.8) is 0 Å². The Hall–Kier alpha value is -7.81. The second kappa shape index (κ2) is 14.8. The molecule has 9 aromatic carbocycles. The van der Waals surface area contributed by atoms with Crippen molar-refractivity contribution >= 4 is 28.0 Å². The predicted molar refractivity (Wildman–Crippen MR) is 250 cm³/mol. The van der Waals surface area contributed by atoms with Crippen molar-refractivity contribution in [2.45, 2.75) is 5.41 Å². The Morgan fingerprint density at radius 2 is 0.800 bits per heavy atom. The van der Waals surface area contributed by atoms with Gasteiger partial charge in [-0.05, 0) is 98.6 Å². The van der Waals surface area contributed by atoms with Gasteiger partial charge in [0, 0.05) is 33.6 Å². The van der Waals surface area contributed by atoms with Gasteiger partial charge in [0.05, 0.1) is 16.6 Å². The van der Waals surface area contributed by atoms with Gasteiger partial charge in [0.25, 0.3) is 0 Å². The van der Waals surface area contributed by atoms with Crippen LogP contribution in [0.5, 0.6) is 0 Å². The lowest BCUT2D eigenvalue weighted by Crippen LogP contribution is -2.28. The topological polar surface area (TPSA) is 16.1 Å². The van der Waals surface area contributed by atoms with Gasteiger partial charge in [-0.25, -0.2) is 4.98 Å². The fourth-order valence-electron chi connectivity index (χ4n) is 9.39. The summed E-state index contributed by atoms with van der Waals surface area (Å²) in [5.74, 6) is 0. The molecule has 0 fully saturated rings. The molecule has 1 aromatic heterocycles. The fourth-order valence-corrected chi connectivity index (χ4v) is 9.39. The summed E-state index contributed by atoms with van der Waals surface area (Å²) in [7, 11) is 0. The molecule has 0 saturated heterocycles. The summed E-state index contributed by atoms with van der Waals surface area (Å²) in [5.41, 5.74) is 18.0. The van der Waals surface area contributed by atoms with Crippen molar-refractivity contribution in [2.24, 2.45) is 0 Å². The largest absolute Gasteiger partial charge is 0.310 e. The van der Waals surface area contributed by atoms with Crippen LogP contribution in [0.1, 0.15) is 22.3 Å². The summed E-state index contributed by atoms with van der Waals surface area (Å²) in [5, 5.41) is 1.12. The Kier molecular flexibility index (Phi) is 8.75. The molecule has 60 heavy (non-hydrogen) atoms. The molecule has 2 heteroatoms. The number of hydrogen-bond donors (Lipinski definition) is 0. The molecular weight excluding hydrogens is 725 g/mol. The molecule has 1 aliphatic carbocycles. The maximum Gasteiger partial charge on any atom is 0.0788 e. The third-order valence-electron chi connectivity index (χ3n) is 12.1. The summed E-state index contributed by atoms with van der Waals surface area (Å²) in [6.07, 6.45) is 0. The fraction of sp³-hybridized carbons (Fsp3) is 0.0172. The second-order valence-corrected chi connectivity index (χ2v) is 15.5. The highest BCUT2D eigenvalue weighted by Crippen LogP contribution is 2.57. The van der Waals surface area contributed by atoms with E-state index in [4.69, 9.17) is 4.98 Å².